The van der Waals surface area contributed by atoms with Crippen molar-refractivity contribution in [2.45, 2.75) is 11.1 Å². The number of benzene rings is 2. The number of rotatable bonds is 2. The van der Waals surface area contributed by atoms with Crippen LogP contribution in [0, 0.1) is 0 Å². The van der Waals surface area contributed by atoms with E-state index in [4.69, 9.17) is 10.9 Å². The summed E-state index contributed by atoms with van der Waals surface area (Å²) in [7, 11) is -4.07. The molecule has 8 heteroatoms. The lowest BCUT2D eigenvalue weighted by Crippen LogP contribution is -2.13. The van der Waals surface area contributed by atoms with Crippen LogP contribution in [-0.2, 0) is 16.2 Å². The molecule has 0 saturated carbocycles. The lowest BCUT2D eigenvalue weighted by molar-refractivity contribution is -0.136. The van der Waals surface area contributed by atoms with E-state index in [1.807, 2.05) is 0 Å². The highest BCUT2D eigenvalue weighted by Crippen LogP contribution is 2.39. The van der Waals surface area contributed by atoms with Crippen molar-refractivity contribution in [2.24, 2.45) is 5.14 Å². The third kappa shape index (κ3) is 3.17. The molecule has 0 aliphatic heterocycles. The van der Waals surface area contributed by atoms with Gasteiger partial charge in [-0.15, -0.1) is 5.69 Å². The molecule has 4 nitrogen and oxygen atoms in total. The second-order valence-corrected chi connectivity index (χ2v) is 5.83. The fourth-order valence-corrected chi connectivity index (χ4v) is 2.66. The van der Waals surface area contributed by atoms with Crippen LogP contribution < -0.4 is 5.14 Å². The van der Waals surface area contributed by atoms with Crippen LogP contribution in [0.4, 0.5) is 18.9 Å². The zero-order valence-corrected chi connectivity index (χ0v) is 11.3. The predicted octanol–water partition coefficient (Wildman–Crippen LogP) is 3.70. The Morgan fingerprint density at radius 3 is 2.24 bits per heavy atom. The first kappa shape index (κ1) is 15.3. The van der Waals surface area contributed by atoms with Crippen LogP contribution in [0.15, 0.2) is 47.4 Å². The van der Waals surface area contributed by atoms with Crippen molar-refractivity contribution in [1.29, 1.82) is 0 Å². The monoisotopic (exact) mass is 315 g/mol. The molecular formula is C13H10F3N2O2S-. The Morgan fingerprint density at radius 1 is 1.05 bits per heavy atom. The van der Waals surface area contributed by atoms with E-state index in [0.717, 1.165) is 12.1 Å². The maximum Gasteiger partial charge on any atom is 0.415 e. The number of sulfonamides is 1. The lowest BCUT2D eigenvalue weighted by Gasteiger charge is -2.17. The molecule has 112 valence electrons. The second-order valence-electron chi connectivity index (χ2n) is 4.30. The summed E-state index contributed by atoms with van der Waals surface area (Å²) in [6.07, 6.45) is -4.69. The van der Waals surface area contributed by atoms with Crippen LogP contribution in [-0.4, -0.2) is 8.42 Å². The standard InChI is InChI=1S/C13H10F3N2O2S/c14-13(15,16)10-7-8(5-6-11(10)17)9-3-1-2-4-12(9)21(18,19)20/h1-7,17H,(H2,18,19,20)/q-1. The van der Waals surface area contributed by atoms with Crippen molar-refractivity contribution in [3.63, 3.8) is 0 Å². The molecule has 0 unspecified atom stereocenters. The Labute approximate surface area is 119 Å². The summed E-state index contributed by atoms with van der Waals surface area (Å²) in [4.78, 5) is -0.268. The van der Waals surface area contributed by atoms with Crippen LogP contribution in [0.5, 0.6) is 0 Å². The molecule has 21 heavy (non-hydrogen) atoms. The summed E-state index contributed by atoms with van der Waals surface area (Å²) in [5.74, 6) is 0. The van der Waals surface area contributed by atoms with E-state index >= 15 is 0 Å². The molecule has 0 atom stereocenters. The van der Waals surface area contributed by atoms with Gasteiger partial charge in [0.05, 0.1) is 4.90 Å². The summed E-state index contributed by atoms with van der Waals surface area (Å²) in [6.45, 7) is 0. The minimum atomic E-state index is -4.69. The van der Waals surface area contributed by atoms with Crippen LogP contribution in [0.3, 0.4) is 0 Å². The van der Waals surface area contributed by atoms with Gasteiger partial charge in [-0.1, -0.05) is 30.3 Å². The number of nitrogens with two attached hydrogens (primary N) is 1. The first-order chi connectivity index (χ1) is 9.60. The first-order valence-corrected chi connectivity index (χ1v) is 7.20. The van der Waals surface area contributed by atoms with Crippen LogP contribution in [0.2, 0.25) is 0 Å². The number of nitrogens with one attached hydrogen (secondary N) is 1. The van der Waals surface area contributed by atoms with Crippen molar-refractivity contribution in [1.82, 2.24) is 0 Å². The normalized spacial score (nSPS) is 12.4. The van der Waals surface area contributed by atoms with Gasteiger partial charge in [-0.25, -0.2) is 13.6 Å². The minimum absolute atomic E-state index is 0.0305. The maximum atomic E-state index is 12.8. The molecule has 0 amide bonds. The highest BCUT2D eigenvalue weighted by molar-refractivity contribution is 7.89. The van der Waals surface area contributed by atoms with E-state index in [1.54, 1.807) is 0 Å². The smallest absolute Gasteiger partial charge is 0.415 e. The van der Waals surface area contributed by atoms with Gasteiger partial charge in [0.1, 0.15) is 0 Å². The zero-order chi connectivity index (χ0) is 15.8. The Balaban J connectivity index is 2.70. The van der Waals surface area contributed by atoms with E-state index in [1.165, 1.54) is 30.3 Å². The van der Waals surface area contributed by atoms with Crippen molar-refractivity contribution >= 4 is 15.7 Å². The van der Waals surface area contributed by atoms with Crippen molar-refractivity contribution in [3.8, 4) is 11.1 Å². The number of hydrogen-bond donors (Lipinski definition) is 1. The van der Waals surface area contributed by atoms with Gasteiger partial charge >= 0.3 is 6.18 Å². The molecular weight excluding hydrogens is 305 g/mol. The molecule has 0 saturated heterocycles. The fourth-order valence-electron chi connectivity index (χ4n) is 1.90. The molecule has 0 bridgehead atoms. The van der Waals surface area contributed by atoms with Gasteiger partial charge in [0.25, 0.3) is 0 Å². The summed E-state index contributed by atoms with van der Waals surface area (Å²) in [5, 5.41) is 5.06. The number of hydrogen-bond acceptors (Lipinski definition) is 2. The number of alkyl halides is 3. The molecule has 0 heterocycles. The van der Waals surface area contributed by atoms with Gasteiger partial charge in [-0.05, 0) is 17.7 Å². The molecule has 0 fully saturated rings. The van der Waals surface area contributed by atoms with E-state index in [9.17, 15) is 21.6 Å². The molecule has 0 aliphatic rings. The molecule has 2 aromatic rings. The van der Waals surface area contributed by atoms with Gasteiger partial charge in [0.15, 0.2) is 0 Å². The van der Waals surface area contributed by atoms with Crippen LogP contribution >= 0.6 is 0 Å². The third-order valence-electron chi connectivity index (χ3n) is 2.83. The number of primary sulfonamides is 1. The second kappa shape index (κ2) is 5.05. The van der Waals surface area contributed by atoms with Gasteiger partial charge in [0, 0.05) is 11.1 Å². The highest BCUT2D eigenvalue weighted by Gasteiger charge is 2.31. The topological polar surface area (TPSA) is 84.0 Å². The predicted molar refractivity (Wildman–Crippen MR) is 72.2 cm³/mol. The number of halogens is 3. The van der Waals surface area contributed by atoms with Gasteiger partial charge in [-0.2, -0.15) is 13.2 Å². The molecule has 0 aliphatic carbocycles. The minimum Gasteiger partial charge on any atom is -0.698 e. The largest absolute Gasteiger partial charge is 0.698 e. The molecule has 0 aromatic heterocycles. The van der Waals surface area contributed by atoms with E-state index in [2.05, 4.69) is 0 Å². The summed E-state index contributed by atoms with van der Waals surface area (Å²) >= 11 is 0. The summed E-state index contributed by atoms with van der Waals surface area (Å²) in [6, 6.07) is 8.45. The van der Waals surface area contributed by atoms with Crippen LogP contribution in [0.25, 0.3) is 16.9 Å². The maximum absolute atomic E-state index is 12.8. The molecule has 2 rings (SSSR count). The van der Waals surface area contributed by atoms with Gasteiger partial charge in [0.2, 0.25) is 10.0 Å². The van der Waals surface area contributed by atoms with E-state index < -0.39 is 27.5 Å². The Bertz CT molecular complexity index is 786. The van der Waals surface area contributed by atoms with Crippen LogP contribution in [0.1, 0.15) is 5.56 Å². The summed E-state index contributed by atoms with van der Waals surface area (Å²) in [5.41, 5.74) is 5.57. The molecule has 0 spiro atoms. The Kier molecular flexibility index (Phi) is 3.68. The highest BCUT2D eigenvalue weighted by atomic mass is 32.2. The van der Waals surface area contributed by atoms with Crippen molar-refractivity contribution < 1.29 is 21.6 Å². The van der Waals surface area contributed by atoms with E-state index in [0.29, 0.717) is 0 Å². The van der Waals surface area contributed by atoms with E-state index in [-0.39, 0.29) is 16.0 Å². The average molecular weight is 315 g/mol. The molecule has 0 radical (unpaired) electrons. The first-order valence-electron chi connectivity index (χ1n) is 5.66. The quantitative estimate of drug-likeness (QED) is 0.916. The Hall–Kier alpha value is -2.06. The zero-order valence-electron chi connectivity index (χ0n) is 10.5. The summed E-state index contributed by atoms with van der Waals surface area (Å²) < 4.78 is 61.4. The third-order valence-corrected chi connectivity index (χ3v) is 3.80. The van der Waals surface area contributed by atoms with Gasteiger partial charge < -0.3 is 5.73 Å². The fraction of sp³-hybridized carbons (Fsp3) is 0.0769. The van der Waals surface area contributed by atoms with Crippen molar-refractivity contribution in [2.75, 3.05) is 0 Å². The molecule has 3 N–H and O–H groups in total. The SMILES string of the molecule is [NH-]c1ccc(-c2ccccc2S(N)(=O)=O)cc1C(F)(F)F. The average Bonchev–Trinajstić information content (AvgIpc) is 2.37. The van der Waals surface area contributed by atoms with Crippen molar-refractivity contribution in [3.05, 3.63) is 53.8 Å². The van der Waals surface area contributed by atoms with Gasteiger partial charge in [-0.3, -0.25) is 0 Å². The lowest BCUT2D eigenvalue weighted by atomic mass is 10.0. The Morgan fingerprint density at radius 2 is 1.67 bits per heavy atom. The molecule has 2 aromatic carbocycles.